The predicted octanol–water partition coefficient (Wildman–Crippen LogP) is 7.39. The SMILES string of the molecule is COc1cc(OC)nc(NC(=O)NS(=O)(=O)c2ncccc2C(F)(F)F)n1.Nc1c([N+](=O)[O-])ccc(Oc2ccccc2)c1Cl.O=C(O)COc1ccc(Cl)c2cccnc12. The predicted molar refractivity (Wildman–Crippen MR) is 213 cm³/mol. The van der Waals surface area contributed by atoms with E-state index < -0.39 is 56.3 Å². The largest absolute Gasteiger partial charge is 0.481 e. The van der Waals surface area contributed by atoms with Gasteiger partial charge in [0.15, 0.2) is 11.6 Å². The number of aromatic nitrogens is 4. The number of urea groups is 1. The first-order valence-corrected chi connectivity index (χ1v) is 18.7. The topological polar surface area (TPSA) is 270 Å². The van der Waals surface area contributed by atoms with Crippen LogP contribution in [0.1, 0.15) is 5.56 Å². The number of rotatable bonds is 11. The van der Waals surface area contributed by atoms with E-state index in [0.29, 0.717) is 28.1 Å². The molecule has 19 nitrogen and oxygen atoms in total. The smallest absolute Gasteiger partial charge is 0.419 e. The summed E-state index contributed by atoms with van der Waals surface area (Å²) < 4.78 is 84.8. The Labute approximate surface area is 352 Å². The van der Waals surface area contributed by atoms with Gasteiger partial charge in [-0.3, -0.25) is 20.4 Å². The van der Waals surface area contributed by atoms with Crippen LogP contribution in [-0.4, -0.2) is 71.2 Å². The van der Waals surface area contributed by atoms with E-state index in [-0.39, 0.29) is 33.9 Å². The number of benzene rings is 3. The molecule has 0 aliphatic carbocycles. The summed E-state index contributed by atoms with van der Waals surface area (Å²) in [6, 6.07) is 19.8. The average molecular weight is 910 g/mol. The van der Waals surface area contributed by atoms with Gasteiger partial charge < -0.3 is 29.8 Å². The number of nitrogens with zero attached hydrogens (tertiary/aromatic N) is 5. The molecule has 3 heterocycles. The number of carboxylic acid groups (broad SMARTS) is 1. The van der Waals surface area contributed by atoms with E-state index in [2.05, 4.69) is 19.9 Å². The summed E-state index contributed by atoms with van der Waals surface area (Å²) in [5.74, 6) is -0.177. The Bertz CT molecular complexity index is 2630. The van der Waals surface area contributed by atoms with Crippen LogP contribution in [0.2, 0.25) is 10.0 Å². The number of nitro benzene ring substituents is 1. The number of pyridine rings is 2. The summed E-state index contributed by atoms with van der Waals surface area (Å²) in [6.07, 6.45) is -2.54. The minimum absolute atomic E-state index is 0.0101. The average Bonchev–Trinajstić information content (AvgIpc) is 3.22. The fourth-order valence-corrected chi connectivity index (χ4v) is 6.05. The van der Waals surface area contributed by atoms with Crippen LogP contribution in [0, 0.1) is 10.1 Å². The molecule has 3 aromatic carbocycles. The second-order valence-electron chi connectivity index (χ2n) is 11.3. The molecule has 0 atom stereocenters. The lowest BCUT2D eigenvalue weighted by molar-refractivity contribution is -0.383. The summed E-state index contributed by atoms with van der Waals surface area (Å²) in [5.41, 5.74) is 4.29. The molecule has 6 rings (SSSR count). The Morgan fingerprint density at radius 3 is 2.13 bits per heavy atom. The third-order valence-corrected chi connectivity index (χ3v) is 9.21. The van der Waals surface area contributed by atoms with Crippen LogP contribution in [-0.2, 0) is 21.0 Å². The minimum atomic E-state index is -4.99. The van der Waals surface area contributed by atoms with Crippen LogP contribution in [0.25, 0.3) is 10.9 Å². The number of para-hydroxylation sites is 1. The first kappa shape index (κ1) is 46.4. The second kappa shape index (κ2) is 20.6. The number of fused-ring (bicyclic) bond motifs is 1. The van der Waals surface area contributed by atoms with Crippen molar-refractivity contribution in [2.24, 2.45) is 0 Å². The van der Waals surface area contributed by atoms with Crippen LogP contribution >= 0.6 is 23.2 Å². The van der Waals surface area contributed by atoms with Crippen LogP contribution in [0.5, 0.6) is 29.0 Å². The highest BCUT2D eigenvalue weighted by Gasteiger charge is 2.38. The van der Waals surface area contributed by atoms with Crippen LogP contribution in [0.15, 0.2) is 102 Å². The van der Waals surface area contributed by atoms with Crippen molar-refractivity contribution in [2.45, 2.75) is 11.2 Å². The van der Waals surface area contributed by atoms with Crippen molar-refractivity contribution in [1.29, 1.82) is 0 Å². The first-order chi connectivity index (χ1) is 28.8. The molecule has 320 valence electrons. The zero-order valence-corrected chi connectivity index (χ0v) is 33.4. The zero-order chi connectivity index (χ0) is 44.9. The van der Waals surface area contributed by atoms with E-state index >= 15 is 0 Å². The molecule has 61 heavy (non-hydrogen) atoms. The van der Waals surface area contributed by atoms with Crippen molar-refractivity contribution in [1.82, 2.24) is 24.7 Å². The molecule has 0 fully saturated rings. The molecule has 0 radical (unpaired) electrons. The quantitative estimate of drug-likeness (QED) is 0.0560. The van der Waals surface area contributed by atoms with Crippen LogP contribution in [0.3, 0.4) is 0 Å². The van der Waals surface area contributed by atoms with Gasteiger partial charge in [-0.25, -0.2) is 19.3 Å². The summed E-state index contributed by atoms with van der Waals surface area (Å²) in [7, 11) is -2.39. The number of hydrogen-bond donors (Lipinski definition) is 4. The number of alkyl halides is 3. The number of nitrogen functional groups attached to an aromatic ring is 1. The van der Waals surface area contributed by atoms with E-state index in [9.17, 15) is 41.3 Å². The normalized spacial score (nSPS) is 10.8. The van der Waals surface area contributed by atoms with E-state index in [1.807, 2.05) is 11.4 Å². The van der Waals surface area contributed by atoms with Gasteiger partial charge in [-0.15, -0.1) is 0 Å². The van der Waals surface area contributed by atoms with Gasteiger partial charge in [-0.1, -0.05) is 41.4 Å². The molecule has 3 aromatic heterocycles. The van der Waals surface area contributed by atoms with E-state index in [4.69, 9.17) is 53.0 Å². The summed E-state index contributed by atoms with van der Waals surface area (Å²) in [6.45, 7) is -0.396. The number of carbonyl (C=O) groups is 2. The maximum absolute atomic E-state index is 12.9. The highest BCUT2D eigenvalue weighted by Crippen LogP contribution is 2.39. The number of aliphatic carboxylic acids is 1. The number of carbonyl (C=O) groups excluding carboxylic acids is 1. The van der Waals surface area contributed by atoms with Crippen LogP contribution in [0.4, 0.5) is 35.3 Å². The number of nitro groups is 1. The lowest BCUT2D eigenvalue weighted by Gasteiger charge is -2.13. The molecular formula is C36H29Cl2F3N8O11S. The molecule has 0 aliphatic rings. The van der Waals surface area contributed by atoms with E-state index in [1.54, 1.807) is 54.7 Å². The molecule has 0 saturated carbocycles. The summed E-state index contributed by atoms with van der Waals surface area (Å²) in [5, 5.41) is 21.1. The molecule has 6 aromatic rings. The van der Waals surface area contributed by atoms with Gasteiger partial charge >= 0.3 is 18.2 Å². The second-order valence-corrected chi connectivity index (χ2v) is 13.7. The van der Waals surface area contributed by atoms with Gasteiger partial charge in [0.1, 0.15) is 33.5 Å². The number of carboxylic acids is 1. The van der Waals surface area contributed by atoms with Gasteiger partial charge in [-0.05, 0) is 54.6 Å². The Balaban J connectivity index is 0.000000210. The zero-order valence-electron chi connectivity index (χ0n) is 31.1. The third kappa shape index (κ3) is 12.9. The lowest BCUT2D eigenvalue weighted by Crippen LogP contribution is -2.36. The van der Waals surface area contributed by atoms with E-state index in [1.165, 1.54) is 37.1 Å². The molecule has 0 unspecified atom stereocenters. The van der Waals surface area contributed by atoms with Gasteiger partial charge in [0.05, 0.1) is 35.8 Å². The number of amides is 2. The summed E-state index contributed by atoms with van der Waals surface area (Å²) >= 11 is 11.9. The number of anilines is 2. The number of hydrogen-bond acceptors (Lipinski definition) is 15. The molecule has 2 amide bonds. The third-order valence-electron chi connectivity index (χ3n) is 7.20. The Hall–Kier alpha value is -7.24. The van der Waals surface area contributed by atoms with Crippen molar-refractivity contribution in [3.8, 4) is 29.0 Å². The van der Waals surface area contributed by atoms with Crippen LogP contribution < -0.4 is 34.7 Å². The fourth-order valence-electron chi connectivity index (χ4n) is 4.57. The molecule has 0 saturated heterocycles. The van der Waals surface area contributed by atoms with Crippen molar-refractivity contribution in [3.05, 3.63) is 123 Å². The Morgan fingerprint density at radius 1 is 0.902 bits per heavy atom. The molecule has 0 bridgehead atoms. The monoisotopic (exact) mass is 908 g/mol. The fraction of sp³-hybridized carbons (Fsp3) is 0.111. The lowest BCUT2D eigenvalue weighted by atomic mass is 10.2. The van der Waals surface area contributed by atoms with Gasteiger partial charge in [0.25, 0.3) is 15.7 Å². The van der Waals surface area contributed by atoms with Crippen molar-refractivity contribution < 1.29 is 60.2 Å². The number of halogens is 5. The number of nitrogens with one attached hydrogen (secondary N) is 2. The Morgan fingerprint density at radius 2 is 1.52 bits per heavy atom. The molecule has 25 heteroatoms. The number of nitrogens with two attached hydrogens (primary N) is 1. The first-order valence-electron chi connectivity index (χ1n) is 16.5. The van der Waals surface area contributed by atoms with Crippen molar-refractivity contribution in [3.63, 3.8) is 0 Å². The van der Waals surface area contributed by atoms with Gasteiger partial charge in [0, 0.05) is 23.8 Å². The highest BCUT2D eigenvalue weighted by molar-refractivity contribution is 7.90. The van der Waals surface area contributed by atoms with Crippen molar-refractivity contribution in [2.75, 3.05) is 31.9 Å². The molecule has 0 spiro atoms. The molecule has 0 aliphatic heterocycles. The van der Waals surface area contributed by atoms with Crippen molar-refractivity contribution >= 4 is 73.5 Å². The Kier molecular flexibility index (Phi) is 15.7. The van der Waals surface area contributed by atoms with Gasteiger partial charge in [-0.2, -0.15) is 31.6 Å². The number of methoxy groups -OCH3 is 2. The molecular weight excluding hydrogens is 880 g/mol. The minimum Gasteiger partial charge on any atom is -0.481 e. The maximum Gasteiger partial charge on any atom is 0.419 e. The standard InChI is InChI=1S/C13H12F3N5O5S.C12H9ClN2O3.C11H8ClNO3/c1-25-8-6-9(26-2)19-11(18-8)20-12(22)21-27(23,24)10-7(13(14,15)16)4-3-5-17-10;13-11-10(18-8-4-2-1-3-5-8)7-6-9(12(11)14)15(16)17;12-8-3-4-9(16-6-10(14)15)11-7(8)2-1-5-13-11/h3-6H,1-2H3,(H2,18,19,20,21,22);1-7H,14H2;1-5H,6H2,(H,14,15). The van der Waals surface area contributed by atoms with E-state index in [0.717, 1.165) is 17.6 Å². The highest BCUT2D eigenvalue weighted by atomic mass is 35.5. The number of sulfonamides is 1. The number of ether oxygens (including phenoxy) is 4. The maximum atomic E-state index is 12.9. The summed E-state index contributed by atoms with van der Waals surface area (Å²) in [4.78, 5) is 47.1. The molecule has 5 N–H and O–H groups in total. The van der Waals surface area contributed by atoms with Gasteiger partial charge in [0.2, 0.25) is 17.7 Å².